The summed E-state index contributed by atoms with van der Waals surface area (Å²) in [5, 5.41) is 6.19. The molecule has 1 saturated carbocycles. The summed E-state index contributed by atoms with van der Waals surface area (Å²) < 4.78 is 5.54. The quantitative estimate of drug-likeness (QED) is 0.356. The van der Waals surface area contributed by atoms with Crippen LogP contribution in [0.3, 0.4) is 0 Å². The summed E-state index contributed by atoms with van der Waals surface area (Å²) in [6, 6.07) is 9.29. The highest BCUT2D eigenvalue weighted by atomic mass is 32.2. The van der Waals surface area contributed by atoms with Gasteiger partial charge in [0.2, 0.25) is 11.8 Å². The fourth-order valence-corrected chi connectivity index (χ4v) is 8.29. The third kappa shape index (κ3) is 10.7. The molecular formula is C32H50N4O4S2. The van der Waals surface area contributed by atoms with Crippen LogP contribution >= 0.6 is 23.5 Å². The second-order valence-electron chi connectivity index (χ2n) is 13.0. The molecule has 234 valence electrons. The summed E-state index contributed by atoms with van der Waals surface area (Å²) in [5.41, 5.74) is 0.695. The van der Waals surface area contributed by atoms with Crippen molar-refractivity contribution in [3.63, 3.8) is 0 Å². The third-order valence-corrected chi connectivity index (χ3v) is 10.6. The van der Waals surface area contributed by atoms with Gasteiger partial charge in [-0.15, -0.1) is 11.8 Å². The van der Waals surface area contributed by atoms with Gasteiger partial charge in [-0.1, -0.05) is 49.6 Å². The number of hydrogen-bond donors (Lipinski definition) is 2. The van der Waals surface area contributed by atoms with Gasteiger partial charge in [0.15, 0.2) is 0 Å². The van der Waals surface area contributed by atoms with Crippen LogP contribution in [0.2, 0.25) is 0 Å². The molecule has 1 aromatic carbocycles. The fourth-order valence-electron chi connectivity index (χ4n) is 5.88. The molecule has 8 nitrogen and oxygen atoms in total. The predicted molar refractivity (Wildman–Crippen MR) is 172 cm³/mol. The van der Waals surface area contributed by atoms with Crippen LogP contribution in [0.5, 0.6) is 0 Å². The van der Waals surface area contributed by atoms with Crippen LogP contribution in [0, 0.1) is 11.8 Å². The molecule has 0 aromatic heterocycles. The zero-order chi connectivity index (χ0) is 30.0. The molecule has 3 aliphatic rings. The van der Waals surface area contributed by atoms with Crippen molar-refractivity contribution < 1.29 is 19.1 Å². The fraction of sp³-hybridized carbons (Fsp3) is 0.719. The molecule has 2 heterocycles. The molecule has 0 radical (unpaired) electrons. The van der Waals surface area contributed by atoms with E-state index in [0.717, 1.165) is 38.2 Å². The van der Waals surface area contributed by atoms with E-state index >= 15 is 0 Å². The minimum absolute atomic E-state index is 0.124. The molecule has 3 amide bonds. The van der Waals surface area contributed by atoms with Crippen LogP contribution < -0.4 is 10.6 Å². The monoisotopic (exact) mass is 618 g/mol. The van der Waals surface area contributed by atoms with Crippen molar-refractivity contribution in [3.8, 4) is 0 Å². The van der Waals surface area contributed by atoms with Gasteiger partial charge in [-0.05, 0) is 82.7 Å². The maximum atomic E-state index is 13.5. The van der Waals surface area contributed by atoms with Crippen LogP contribution in [-0.2, 0) is 20.9 Å². The van der Waals surface area contributed by atoms with Crippen molar-refractivity contribution in [2.45, 2.75) is 89.9 Å². The minimum Gasteiger partial charge on any atom is -0.444 e. The van der Waals surface area contributed by atoms with E-state index in [0.29, 0.717) is 35.8 Å². The van der Waals surface area contributed by atoms with E-state index in [2.05, 4.69) is 39.8 Å². The number of nitrogens with one attached hydrogen (secondary N) is 2. The molecule has 0 spiro atoms. The Hall–Kier alpha value is -1.91. The van der Waals surface area contributed by atoms with Crippen LogP contribution in [0.15, 0.2) is 30.3 Å². The number of ether oxygens (including phenoxy) is 1. The first-order chi connectivity index (χ1) is 20.2. The highest BCUT2D eigenvalue weighted by molar-refractivity contribution is 7.99. The third-order valence-electron chi connectivity index (χ3n) is 8.33. The topological polar surface area (TPSA) is 91.0 Å². The van der Waals surface area contributed by atoms with Crippen LogP contribution in [0.4, 0.5) is 4.79 Å². The number of rotatable bonds is 11. The summed E-state index contributed by atoms with van der Waals surface area (Å²) in [5.74, 6) is 3.18. The zero-order valence-corrected chi connectivity index (χ0v) is 27.3. The first kappa shape index (κ1) is 33.0. The Kier molecular flexibility index (Phi) is 12.8. The first-order valence-corrected chi connectivity index (χ1v) is 18.0. The molecule has 2 aliphatic heterocycles. The van der Waals surface area contributed by atoms with E-state index in [-0.39, 0.29) is 11.8 Å². The standard InChI is InChI=1S/C32H50N4O4S2/c1-32(2,3)40-31(39)36-23-42-22-28(36)30(38)34-27(21-41-20-26-12-8-5-9-13-26)29(37)33-18-24-14-16-35(17-15-24)19-25-10-6-4-7-11-25/h4,6-7,10-11,24,26-28H,5,8-9,12-23H2,1-3H3,(H,33,37)(H,34,38)/t27-,28-/m0/s1. The number of hydrogen-bond acceptors (Lipinski definition) is 7. The van der Waals surface area contributed by atoms with Gasteiger partial charge >= 0.3 is 6.09 Å². The van der Waals surface area contributed by atoms with E-state index in [9.17, 15) is 14.4 Å². The van der Waals surface area contributed by atoms with Gasteiger partial charge in [0.05, 0.1) is 5.88 Å². The minimum atomic E-state index is -0.641. The number of nitrogens with zero attached hydrogens (tertiary/aromatic N) is 2. The summed E-state index contributed by atoms with van der Waals surface area (Å²) in [6.07, 6.45) is 8.01. The second kappa shape index (κ2) is 16.2. The summed E-state index contributed by atoms with van der Waals surface area (Å²) >= 11 is 3.29. The maximum absolute atomic E-state index is 13.5. The molecule has 2 saturated heterocycles. The zero-order valence-electron chi connectivity index (χ0n) is 25.6. The van der Waals surface area contributed by atoms with Gasteiger partial charge in [-0.3, -0.25) is 19.4 Å². The first-order valence-electron chi connectivity index (χ1n) is 15.7. The maximum Gasteiger partial charge on any atom is 0.411 e. The Morgan fingerprint density at radius 2 is 1.74 bits per heavy atom. The molecule has 10 heteroatoms. The Morgan fingerprint density at radius 3 is 2.43 bits per heavy atom. The molecule has 42 heavy (non-hydrogen) atoms. The van der Waals surface area contributed by atoms with Gasteiger partial charge < -0.3 is 15.4 Å². The summed E-state index contributed by atoms with van der Waals surface area (Å²) in [6.45, 7) is 9.09. The molecule has 3 fully saturated rings. The van der Waals surface area contributed by atoms with Gasteiger partial charge in [0.25, 0.3) is 0 Å². The second-order valence-corrected chi connectivity index (χ2v) is 15.1. The molecule has 0 unspecified atom stereocenters. The Bertz CT molecular complexity index is 1010. The highest BCUT2D eigenvalue weighted by Crippen LogP contribution is 2.28. The average molecular weight is 619 g/mol. The molecule has 1 aromatic rings. The largest absolute Gasteiger partial charge is 0.444 e. The smallest absolute Gasteiger partial charge is 0.411 e. The van der Waals surface area contributed by atoms with Crippen molar-refractivity contribution >= 4 is 41.4 Å². The van der Waals surface area contributed by atoms with Crippen molar-refractivity contribution in [2.24, 2.45) is 11.8 Å². The van der Waals surface area contributed by atoms with Crippen LogP contribution in [0.25, 0.3) is 0 Å². The lowest BCUT2D eigenvalue weighted by Crippen LogP contribution is -2.55. The van der Waals surface area contributed by atoms with E-state index in [1.54, 1.807) is 11.8 Å². The Labute approximate surface area is 260 Å². The van der Waals surface area contributed by atoms with Crippen molar-refractivity contribution in [1.29, 1.82) is 0 Å². The SMILES string of the molecule is CC(C)(C)OC(=O)N1CSC[C@H]1C(=O)N[C@@H](CSCC1CCCCC1)C(=O)NCC1CCN(Cc2ccccc2)CC1. The molecule has 2 N–H and O–H groups in total. The highest BCUT2D eigenvalue weighted by Gasteiger charge is 2.38. The molecular weight excluding hydrogens is 569 g/mol. The number of carbonyl (C=O) groups excluding carboxylic acids is 3. The molecule has 4 rings (SSSR count). The Balaban J connectivity index is 1.29. The number of amides is 3. The van der Waals surface area contributed by atoms with Crippen LogP contribution in [0.1, 0.15) is 71.3 Å². The lowest BCUT2D eigenvalue weighted by Gasteiger charge is -2.32. The van der Waals surface area contributed by atoms with E-state index in [1.807, 2.05) is 26.8 Å². The lowest BCUT2D eigenvalue weighted by atomic mass is 9.91. The number of carbonyl (C=O) groups is 3. The predicted octanol–water partition coefficient (Wildman–Crippen LogP) is 5.12. The Morgan fingerprint density at radius 1 is 1.02 bits per heavy atom. The number of piperidine rings is 1. The summed E-state index contributed by atoms with van der Waals surface area (Å²) in [4.78, 5) is 43.6. The van der Waals surface area contributed by atoms with E-state index < -0.39 is 23.8 Å². The summed E-state index contributed by atoms with van der Waals surface area (Å²) in [7, 11) is 0. The van der Waals surface area contributed by atoms with Crippen molar-refractivity contribution in [1.82, 2.24) is 20.4 Å². The molecule has 1 aliphatic carbocycles. The van der Waals surface area contributed by atoms with E-state index in [1.165, 1.54) is 54.3 Å². The van der Waals surface area contributed by atoms with Gasteiger partial charge in [0.1, 0.15) is 17.7 Å². The van der Waals surface area contributed by atoms with Crippen LogP contribution in [-0.4, -0.2) is 88.2 Å². The molecule has 0 bridgehead atoms. The van der Waals surface area contributed by atoms with Gasteiger partial charge in [-0.2, -0.15) is 11.8 Å². The van der Waals surface area contributed by atoms with Crippen molar-refractivity contribution in [2.75, 3.05) is 42.8 Å². The number of likely N-dealkylation sites (tertiary alicyclic amines) is 1. The molecule has 2 atom stereocenters. The van der Waals surface area contributed by atoms with E-state index in [4.69, 9.17) is 4.74 Å². The van der Waals surface area contributed by atoms with Gasteiger partial charge in [-0.25, -0.2) is 4.79 Å². The lowest BCUT2D eigenvalue weighted by molar-refractivity contribution is -0.130. The average Bonchev–Trinajstić information content (AvgIpc) is 3.47. The number of thioether (sulfide) groups is 2. The normalized spacial score (nSPS) is 21.6. The van der Waals surface area contributed by atoms with Crippen molar-refractivity contribution in [3.05, 3.63) is 35.9 Å². The van der Waals surface area contributed by atoms with Gasteiger partial charge in [0, 0.05) is 24.6 Å². The number of benzene rings is 1.